The lowest BCUT2D eigenvalue weighted by Crippen LogP contribution is -2.54. The monoisotopic (exact) mass is 278 g/mol. The molecular formula is C13H21F3N2O. The molecule has 0 aromatic rings. The largest absolute Gasteiger partial charge is 0.406 e. The third-order valence-corrected chi connectivity index (χ3v) is 4.04. The summed E-state index contributed by atoms with van der Waals surface area (Å²) in [7, 11) is 0. The Balaban J connectivity index is 2.04. The molecule has 2 atom stereocenters. The van der Waals surface area contributed by atoms with E-state index < -0.39 is 18.8 Å². The maximum Gasteiger partial charge on any atom is 0.406 e. The lowest BCUT2D eigenvalue weighted by atomic mass is 10.0. The molecule has 3 nitrogen and oxygen atoms in total. The van der Waals surface area contributed by atoms with E-state index in [1.807, 2.05) is 0 Å². The zero-order valence-electron chi connectivity index (χ0n) is 11.2. The molecule has 2 aliphatic rings. The van der Waals surface area contributed by atoms with E-state index >= 15 is 0 Å². The number of carbonyl (C=O) groups excluding carboxylic acids is 1. The normalized spacial score (nSPS) is 26.0. The topological polar surface area (TPSA) is 32.3 Å². The summed E-state index contributed by atoms with van der Waals surface area (Å²) in [5.41, 5.74) is 0. The van der Waals surface area contributed by atoms with Crippen LogP contribution in [0, 0.1) is 5.92 Å². The predicted molar refractivity (Wildman–Crippen MR) is 65.6 cm³/mol. The summed E-state index contributed by atoms with van der Waals surface area (Å²) in [6.45, 7) is 1.33. The minimum Gasteiger partial charge on any atom is -0.329 e. The molecule has 2 rings (SSSR count). The zero-order valence-corrected chi connectivity index (χ0v) is 11.2. The van der Waals surface area contributed by atoms with Gasteiger partial charge in [-0.15, -0.1) is 0 Å². The molecule has 2 fully saturated rings. The van der Waals surface area contributed by atoms with Gasteiger partial charge in [-0.3, -0.25) is 4.79 Å². The summed E-state index contributed by atoms with van der Waals surface area (Å²) in [6, 6.07) is -0.741. The van der Waals surface area contributed by atoms with Crippen LogP contribution in [-0.4, -0.2) is 42.2 Å². The van der Waals surface area contributed by atoms with Gasteiger partial charge in [0.25, 0.3) is 0 Å². The number of hydrogen-bond donors (Lipinski definition) is 1. The molecular weight excluding hydrogens is 257 g/mol. The Morgan fingerprint density at radius 3 is 2.47 bits per heavy atom. The van der Waals surface area contributed by atoms with Gasteiger partial charge in [0, 0.05) is 6.04 Å². The van der Waals surface area contributed by atoms with Crippen molar-refractivity contribution in [2.75, 3.05) is 13.1 Å². The summed E-state index contributed by atoms with van der Waals surface area (Å²) in [6.07, 6.45) is 0.0716. The Kier molecular flexibility index (Phi) is 4.38. The molecule has 0 bridgehead atoms. The Hall–Kier alpha value is -0.780. The SMILES string of the molecule is CC(C1CC1)N(CC(F)(F)F)C(=O)[C@H]1CCCCN1. The number of amides is 1. The lowest BCUT2D eigenvalue weighted by Gasteiger charge is -2.34. The first-order chi connectivity index (χ1) is 8.88. The van der Waals surface area contributed by atoms with Crippen LogP contribution in [0.3, 0.4) is 0 Å². The standard InChI is InChI=1S/C13H21F3N2O/c1-9(10-5-6-10)18(8-13(14,15)16)12(19)11-4-2-3-7-17-11/h9-11,17H,2-8H2,1H3/t9?,11-/m1/s1. The Bertz CT molecular complexity index is 322. The molecule has 0 aromatic heterocycles. The molecule has 0 spiro atoms. The highest BCUT2D eigenvalue weighted by atomic mass is 19.4. The number of hydrogen-bond acceptors (Lipinski definition) is 2. The molecule has 1 heterocycles. The highest BCUT2D eigenvalue weighted by Crippen LogP contribution is 2.36. The first-order valence-corrected chi connectivity index (χ1v) is 6.99. The second-order valence-electron chi connectivity index (χ2n) is 5.66. The fourth-order valence-electron chi connectivity index (χ4n) is 2.71. The number of rotatable bonds is 4. The lowest BCUT2D eigenvalue weighted by molar-refractivity contribution is -0.167. The first-order valence-electron chi connectivity index (χ1n) is 6.99. The predicted octanol–water partition coefficient (Wildman–Crippen LogP) is 2.32. The van der Waals surface area contributed by atoms with Crippen LogP contribution in [0.25, 0.3) is 0 Å². The smallest absolute Gasteiger partial charge is 0.329 e. The number of carbonyl (C=O) groups is 1. The van der Waals surface area contributed by atoms with Crippen molar-refractivity contribution in [3.63, 3.8) is 0 Å². The van der Waals surface area contributed by atoms with E-state index in [0.29, 0.717) is 13.0 Å². The number of alkyl halides is 3. The third-order valence-electron chi connectivity index (χ3n) is 4.04. The summed E-state index contributed by atoms with van der Waals surface area (Å²) < 4.78 is 38.0. The maximum absolute atomic E-state index is 12.7. The average molecular weight is 278 g/mol. The maximum atomic E-state index is 12.7. The fraction of sp³-hybridized carbons (Fsp3) is 0.923. The van der Waals surface area contributed by atoms with Crippen LogP contribution in [0.1, 0.15) is 39.0 Å². The van der Waals surface area contributed by atoms with Crippen molar-refractivity contribution >= 4 is 5.91 Å². The summed E-state index contributed by atoms with van der Waals surface area (Å²) in [4.78, 5) is 13.4. The van der Waals surface area contributed by atoms with Crippen molar-refractivity contribution in [3.8, 4) is 0 Å². The third kappa shape index (κ3) is 4.09. The fourth-order valence-corrected chi connectivity index (χ4v) is 2.71. The van der Waals surface area contributed by atoms with Crippen molar-refractivity contribution in [2.24, 2.45) is 5.92 Å². The average Bonchev–Trinajstić information content (AvgIpc) is 3.18. The molecule has 0 aromatic carbocycles. The second-order valence-corrected chi connectivity index (χ2v) is 5.66. The van der Waals surface area contributed by atoms with Crippen LogP contribution < -0.4 is 5.32 Å². The number of piperidine rings is 1. The molecule has 1 saturated heterocycles. The Morgan fingerprint density at radius 1 is 1.32 bits per heavy atom. The van der Waals surface area contributed by atoms with Gasteiger partial charge in [-0.2, -0.15) is 13.2 Å². The number of halogens is 3. The van der Waals surface area contributed by atoms with Crippen LogP contribution in [0.4, 0.5) is 13.2 Å². The van der Waals surface area contributed by atoms with Crippen molar-refractivity contribution < 1.29 is 18.0 Å². The van der Waals surface area contributed by atoms with Gasteiger partial charge in [0.05, 0.1) is 6.04 Å². The summed E-state index contributed by atoms with van der Waals surface area (Å²) in [5, 5.41) is 3.04. The van der Waals surface area contributed by atoms with Crippen LogP contribution >= 0.6 is 0 Å². The molecule has 1 aliphatic heterocycles. The molecule has 6 heteroatoms. The van der Waals surface area contributed by atoms with E-state index in [2.05, 4.69) is 5.32 Å². The summed E-state index contributed by atoms with van der Waals surface area (Å²) in [5.74, 6) is -0.133. The number of nitrogens with one attached hydrogen (secondary N) is 1. The van der Waals surface area contributed by atoms with Crippen LogP contribution in [0.15, 0.2) is 0 Å². The highest BCUT2D eigenvalue weighted by molar-refractivity contribution is 5.82. The van der Waals surface area contributed by atoms with Crippen molar-refractivity contribution in [1.82, 2.24) is 10.2 Å². The van der Waals surface area contributed by atoms with E-state index in [-0.39, 0.29) is 17.9 Å². The van der Waals surface area contributed by atoms with Gasteiger partial charge < -0.3 is 10.2 Å². The molecule has 1 unspecified atom stereocenters. The van der Waals surface area contributed by atoms with Gasteiger partial charge in [-0.1, -0.05) is 6.42 Å². The quantitative estimate of drug-likeness (QED) is 0.856. The van der Waals surface area contributed by atoms with Gasteiger partial charge in [0.15, 0.2) is 0 Å². The Morgan fingerprint density at radius 2 is 2.00 bits per heavy atom. The molecule has 1 aliphatic carbocycles. The molecule has 19 heavy (non-hydrogen) atoms. The zero-order chi connectivity index (χ0) is 14.0. The first kappa shape index (κ1) is 14.6. The van der Waals surface area contributed by atoms with E-state index in [0.717, 1.165) is 30.6 Å². The number of nitrogens with zero attached hydrogens (tertiary/aromatic N) is 1. The van der Waals surface area contributed by atoms with Crippen molar-refractivity contribution in [2.45, 2.75) is 57.3 Å². The van der Waals surface area contributed by atoms with E-state index in [4.69, 9.17) is 0 Å². The van der Waals surface area contributed by atoms with E-state index in [1.165, 1.54) is 0 Å². The minimum absolute atomic E-state index is 0.245. The van der Waals surface area contributed by atoms with Crippen molar-refractivity contribution in [3.05, 3.63) is 0 Å². The van der Waals surface area contributed by atoms with Gasteiger partial charge in [0.1, 0.15) is 6.54 Å². The van der Waals surface area contributed by atoms with Gasteiger partial charge in [0.2, 0.25) is 5.91 Å². The van der Waals surface area contributed by atoms with E-state index in [9.17, 15) is 18.0 Å². The molecule has 1 saturated carbocycles. The van der Waals surface area contributed by atoms with Crippen LogP contribution in [0.2, 0.25) is 0 Å². The van der Waals surface area contributed by atoms with Crippen LogP contribution in [-0.2, 0) is 4.79 Å². The van der Waals surface area contributed by atoms with Crippen LogP contribution in [0.5, 0.6) is 0 Å². The van der Waals surface area contributed by atoms with Gasteiger partial charge >= 0.3 is 6.18 Å². The molecule has 1 amide bonds. The summed E-state index contributed by atoms with van der Waals surface area (Å²) >= 11 is 0. The van der Waals surface area contributed by atoms with Gasteiger partial charge in [-0.25, -0.2) is 0 Å². The van der Waals surface area contributed by atoms with Crippen molar-refractivity contribution in [1.29, 1.82) is 0 Å². The second kappa shape index (κ2) is 5.69. The minimum atomic E-state index is -4.33. The van der Waals surface area contributed by atoms with Gasteiger partial charge in [-0.05, 0) is 45.1 Å². The van der Waals surface area contributed by atoms with E-state index in [1.54, 1.807) is 6.92 Å². The molecule has 1 N–H and O–H groups in total. The molecule has 110 valence electrons. The highest BCUT2D eigenvalue weighted by Gasteiger charge is 2.42. The Labute approximate surface area is 111 Å². The molecule has 0 radical (unpaired) electrons.